The molecule has 1 N–H and O–H groups in total. The summed E-state index contributed by atoms with van der Waals surface area (Å²) < 4.78 is 0. The smallest absolute Gasteiger partial charge is 0.0285 e. The van der Waals surface area contributed by atoms with E-state index in [9.17, 15) is 0 Å². The monoisotopic (exact) mass is 124 g/mol. The Morgan fingerprint density at radius 1 is 1.67 bits per heavy atom. The molecular formula is C7H12N2. The SMILES string of the molecule is C/N=C\C=C=CCNC. The third-order valence-corrected chi connectivity index (χ3v) is 0.744. The van der Waals surface area contributed by atoms with Crippen molar-refractivity contribution in [2.75, 3.05) is 20.6 Å². The van der Waals surface area contributed by atoms with Gasteiger partial charge in [0.2, 0.25) is 0 Å². The van der Waals surface area contributed by atoms with Gasteiger partial charge in [-0.15, -0.1) is 5.73 Å². The van der Waals surface area contributed by atoms with Gasteiger partial charge in [-0.1, -0.05) is 0 Å². The Labute approximate surface area is 56.0 Å². The maximum Gasteiger partial charge on any atom is 0.0285 e. The Morgan fingerprint density at radius 3 is 3.00 bits per heavy atom. The van der Waals surface area contributed by atoms with E-state index in [4.69, 9.17) is 0 Å². The molecule has 0 rings (SSSR count). The van der Waals surface area contributed by atoms with Gasteiger partial charge in [-0.2, -0.15) is 0 Å². The number of hydrogen-bond acceptors (Lipinski definition) is 2. The van der Waals surface area contributed by atoms with Crippen molar-refractivity contribution < 1.29 is 0 Å². The molecule has 0 atom stereocenters. The largest absolute Gasteiger partial charge is 0.316 e. The summed E-state index contributed by atoms with van der Waals surface area (Å²) >= 11 is 0. The quantitative estimate of drug-likeness (QED) is 0.433. The topological polar surface area (TPSA) is 24.4 Å². The third-order valence-electron chi connectivity index (χ3n) is 0.744. The van der Waals surface area contributed by atoms with Crippen LogP contribution < -0.4 is 5.32 Å². The highest BCUT2D eigenvalue weighted by Gasteiger charge is 1.62. The van der Waals surface area contributed by atoms with Crippen LogP contribution in [0.25, 0.3) is 0 Å². The molecule has 0 aromatic carbocycles. The molecule has 0 aliphatic rings. The Morgan fingerprint density at radius 2 is 2.44 bits per heavy atom. The molecule has 9 heavy (non-hydrogen) atoms. The summed E-state index contributed by atoms with van der Waals surface area (Å²) in [6.07, 6.45) is 5.38. The minimum Gasteiger partial charge on any atom is -0.316 e. The van der Waals surface area contributed by atoms with Crippen LogP contribution in [0.3, 0.4) is 0 Å². The zero-order valence-corrected chi connectivity index (χ0v) is 5.89. The number of rotatable bonds is 3. The average molecular weight is 124 g/mol. The van der Waals surface area contributed by atoms with Gasteiger partial charge < -0.3 is 5.32 Å². The summed E-state index contributed by atoms with van der Waals surface area (Å²) in [4.78, 5) is 3.75. The van der Waals surface area contributed by atoms with Gasteiger partial charge in [0, 0.05) is 19.8 Å². The molecule has 0 saturated heterocycles. The standard InChI is InChI=1S/C7H12N2/c1-8-6-4-3-5-7-9-2/h4-6,9H,7H2,1-2H3/b8-6-. The van der Waals surface area contributed by atoms with E-state index in [2.05, 4.69) is 16.0 Å². The van der Waals surface area contributed by atoms with Gasteiger partial charge in [0.15, 0.2) is 0 Å². The summed E-state index contributed by atoms with van der Waals surface area (Å²) in [5.41, 5.74) is 2.93. The first kappa shape index (κ1) is 8.15. The summed E-state index contributed by atoms with van der Waals surface area (Å²) in [7, 11) is 3.63. The molecule has 0 aromatic heterocycles. The molecule has 0 aromatic rings. The molecule has 0 aliphatic carbocycles. The lowest BCUT2D eigenvalue weighted by Gasteiger charge is -1.80. The Hall–Kier alpha value is -0.850. The van der Waals surface area contributed by atoms with E-state index in [1.807, 2.05) is 13.1 Å². The van der Waals surface area contributed by atoms with Crippen LogP contribution in [0, 0.1) is 0 Å². The highest BCUT2D eigenvalue weighted by Crippen LogP contribution is 1.62. The Balaban J connectivity index is 3.41. The maximum absolute atomic E-state index is 3.75. The molecule has 0 bridgehead atoms. The van der Waals surface area contributed by atoms with Gasteiger partial charge in [-0.25, -0.2) is 0 Å². The van der Waals surface area contributed by atoms with E-state index >= 15 is 0 Å². The van der Waals surface area contributed by atoms with E-state index < -0.39 is 0 Å². The number of hydrogen-bond donors (Lipinski definition) is 1. The Bertz CT molecular complexity index is 130. The van der Waals surface area contributed by atoms with E-state index in [0.717, 1.165) is 6.54 Å². The lowest BCUT2D eigenvalue weighted by Crippen LogP contribution is -2.03. The fourth-order valence-electron chi connectivity index (χ4n) is 0.347. The Kier molecular flexibility index (Phi) is 6.47. The van der Waals surface area contributed by atoms with Crippen LogP contribution in [-0.2, 0) is 0 Å². The summed E-state index contributed by atoms with van der Waals surface area (Å²) in [6.45, 7) is 0.855. The van der Waals surface area contributed by atoms with Crippen molar-refractivity contribution in [3.63, 3.8) is 0 Å². The van der Waals surface area contributed by atoms with Gasteiger partial charge >= 0.3 is 0 Å². The van der Waals surface area contributed by atoms with Crippen LogP contribution in [0.1, 0.15) is 0 Å². The molecule has 0 saturated carbocycles. The number of aliphatic imine (C=N–C) groups is 1. The van der Waals surface area contributed by atoms with E-state index in [1.165, 1.54) is 0 Å². The number of likely N-dealkylation sites (N-methyl/N-ethyl adjacent to an activating group) is 1. The first-order valence-corrected chi connectivity index (χ1v) is 2.88. The van der Waals surface area contributed by atoms with Crippen molar-refractivity contribution in [2.45, 2.75) is 0 Å². The number of nitrogens with zero attached hydrogens (tertiary/aromatic N) is 1. The van der Waals surface area contributed by atoms with Gasteiger partial charge in [0.25, 0.3) is 0 Å². The first-order valence-electron chi connectivity index (χ1n) is 2.88. The van der Waals surface area contributed by atoms with Crippen LogP contribution in [0.4, 0.5) is 0 Å². The maximum atomic E-state index is 3.75. The van der Waals surface area contributed by atoms with Crippen molar-refractivity contribution in [2.24, 2.45) is 4.99 Å². The summed E-state index contributed by atoms with van der Waals surface area (Å²) in [5, 5.41) is 2.96. The molecule has 0 spiro atoms. The van der Waals surface area contributed by atoms with Crippen molar-refractivity contribution in [1.82, 2.24) is 5.32 Å². The highest BCUT2D eigenvalue weighted by molar-refractivity contribution is 5.70. The highest BCUT2D eigenvalue weighted by atomic mass is 14.8. The van der Waals surface area contributed by atoms with Gasteiger partial charge in [0.1, 0.15) is 0 Å². The molecule has 0 amide bonds. The molecule has 0 radical (unpaired) electrons. The second-order valence-corrected chi connectivity index (χ2v) is 1.50. The number of nitrogens with one attached hydrogen (secondary N) is 1. The van der Waals surface area contributed by atoms with Crippen LogP contribution >= 0.6 is 0 Å². The molecule has 0 fully saturated rings. The molecule has 0 aliphatic heterocycles. The molecule has 2 heteroatoms. The second-order valence-electron chi connectivity index (χ2n) is 1.50. The van der Waals surface area contributed by atoms with E-state index in [-0.39, 0.29) is 0 Å². The third kappa shape index (κ3) is 7.15. The van der Waals surface area contributed by atoms with Crippen LogP contribution in [0.5, 0.6) is 0 Å². The van der Waals surface area contributed by atoms with Crippen LogP contribution in [0.2, 0.25) is 0 Å². The average Bonchev–Trinajstić information content (AvgIpc) is 1.89. The van der Waals surface area contributed by atoms with Crippen LogP contribution in [-0.4, -0.2) is 26.9 Å². The summed E-state index contributed by atoms with van der Waals surface area (Å²) in [5.74, 6) is 0. The fraction of sp³-hybridized carbons (Fsp3) is 0.429. The predicted octanol–water partition coefficient (Wildman–Crippen LogP) is 0.618. The zero-order chi connectivity index (χ0) is 6.95. The molecule has 0 unspecified atom stereocenters. The first-order chi connectivity index (χ1) is 4.41. The minimum absolute atomic E-state index is 0.855. The van der Waals surface area contributed by atoms with Gasteiger partial charge in [-0.05, 0) is 19.2 Å². The van der Waals surface area contributed by atoms with Crippen molar-refractivity contribution >= 4 is 6.21 Å². The molecule has 50 valence electrons. The molecule has 0 heterocycles. The van der Waals surface area contributed by atoms with Crippen LogP contribution in [0.15, 0.2) is 22.9 Å². The van der Waals surface area contributed by atoms with E-state index in [0.29, 0.717) is 0 Å². The lowest BCUT2D eigenvalue weighted by molar-refractivity contribution is 0.921. The molecular weight excluding hydrogens is 112 g/mol. The second kappa shape index (κ2) is 7.15. The predicted molar refractivity (Wildman–Crippen MR) is 41.0 cm³/mol. The fourth-order valence-corrected chi connectivity index (χ4v) is 0.347. The van der Waals surface area contributed by atoms with Crippen molar-refractivity contribution in [1.29, 1.82) is 0 Å². The summed E-state index contributed by atoms with van der Waals surface area (Å²) in [6, 6.07) is 0. The van der Waals surface area contributed by atoms with Gasteiger partial charge in [-0.3, -0.25) is 4.99 Å². The van der Waals surface area contributed by atoms with Gasteiger partial charge in [0.05, 0.1) is 0 Å². The lowest BCUT2D eigenvalue weighted by atomic mass is 10.5. The minimum atomic E-state index is 0.855. The van der Waals surface area contributed by atoms with E-state index in [1.54, 1.807) is 19.3 Å². The normalized spacial score (nSPS) is 9.11. The van der Waals surface area contributed by atoms with Crippen molar-refractivity contribution in [3.05, 3.63) is 17.9 Å². The van der Waals surface area contributed by atoms with Crippen molar-refractivity contribution in [3.8, 4) is 0 Å². The molecule has 2 nitrogen and oxygen atoms in total. The zero-order valence-electron chi connectivity index (χ0n) is 5.89.